The van der Waals surface area contributed by atoms with Crippen LogP contribution in [-0.4, -0.2) is 70.3 Å². The van der Waals surface area contributed by atoms with Crippen LogP contribution in [0.4, 0.5) is 0 Å². The fraction of sp³-hybridized carbons (Fsp3) is 0.667. The Morgan fingerprint density at radius 1 is 1.04 bits per heavy atom. The third kappa shape index (κ3) is 4.32. The molecule has 146 valence electrons. The van der Waals surface area contributed by atoms with E-state index in [-0.39, 0.29) is 17.7 Å². The molecular weight excluding hydrogens is 340 g/mol. The summed E-state index contributed by atoms with van der Waals surface area (Å²) in [6.07, 6.45) is 10.2. The first kappa shape index (κ1) is 18.4. The van der Waals surface area contributed by atoms with Crippen molar-refractivity contribution in [3.8, 4) is 0 Å². The van der Waals surface area contributed by atoms with Gasteiger partial charge in [-0.15, -0.1) is 0 Å². The molecule has 0 unspecified atom stereocenters. The monoisotopic (exact) mass is 370 g/mol. The van der Waals surface area contributed by atoms with Crippen LogP contribution in [0.5, 0.6) is 0 Å². The summed E-state index contributed by atoms with van der Waals surface area (Å²) >= 11 is 0. The van der Waals surface area contributed by atoms with Gasteiger partial charge in [0.25, 0.3) is 0 Å². The number of rotatable bonds is 4. The fourth-order valence-corrected chi connectivity index (χ4v) is 4.85. The summed E-state index contributed by atoms with van der Waals surface area (Å²) in [5.41, 5.74) is 1.06. The topological polar surface area (TPSA) is 56.8 Å². The fourth-order valence-electron chi connectivity index (χ4n) is 4.85. The van der Waals surface area contributed by atoms with E-state index < -0.39 is 0 Å². The predicted molar refractivity (Wildman–Crippen MR) is 103 cm³/mol. The van der Waals surface area contributed by atoms with Crippen LogP contribution in [0, 0.1) is 5.92 Å². The van der Waals surface area contributed by atoms with Gasteiger partial charge >= 0.3 is 0 Å². The lowest BCUT2D eigenvalue weighted by Crippen LogP contribution is -2.41. The van der Waals surface area contributed by atoms with Crippen molar-refractivity contribution in [3.05, 3.63) is 30.1 Å². The van der Waals surface area contributed by atoms with Crippen molar-refractivity contribution in [2.45, 2.75) is 51.1 Å². The van der Waals surface area contributed by atoms with Gasteiger partial charge in [-0.1, -0.05) is 12.8 Å². The summed E-state index contributed by atoms with van der Waals surface area (Å²) in [6, 6.07) is 4.58. The molecule has 6 heteroatoms. The number of amides is 2. The zero-order valence-corrected chi connectivity index (χ0v) is 16.1. The summed E-state index contributed by atoms with van der Waals surface area (Å²) in [5, 5.41) is 0. The maximum absolute atomic E-state index is 13.0. The van der Waals surface area contributed by atoms with Crippen molar-refractivity contribution in [3.63, 3.8) is 0 Å². The van der Waals surface area contributed by atoms with Gasteiger partial charge in [0.2, 0.25) is 11.8 Å². The first-order chi connectivity index (χ1) is 13.2. The number of hydrogen-bond acceptors (Lipinski definition) is 4. The summed E-state index contributed by atoms with van der Waals surface area (Å²) in [6.45, 7) is 4.84. The lowest BCUT2D eigenvalue weighted by molar-refractivity contribution is -0.135. The van der Waals surface area contributed by atoms with E-state index >= 15 is 0 Å². The van der Waals surface area contributed by atoms with Crippen molar-refractivity contribution in [2.24, 2.45) is 5.92 Å². The van der Waals surface area contributed by atoms with Gasteiger partial charge in [-0.3, -0.25) is 19.5 Å². The summed E-state index contributed by atoms with van der Waals surface area (Å²) < 4.78 is 0. The summed E-state index contributed by atoms with van der Waals surface area (Å²) in [4.78, 5) is 35.9. The predicted octanol–water partition coefficient (Wildman–Crippen LogP) is 1.91. The number of hydrogen-bond donors (Lipinski definition) is 0. The van der Waals surface area contributed by atoms with Crippen LogP contribution in [0.1, 0.15) is 44.1 Å². The molecule has 3 aliphatic rings. The minimum absolute atomic E-state index is 0.0903. The number of nitrogens with zero attached hydrogens (tertiary/aromatic N) is 4. The van der Waals surface area contributed by atoms with Crippen molar-refractivity contribution in [1.29, 1.82) is 0 Å². The minimum Gasteiger partial charge on any atom is -0.341 e. The van der Waals surface area contributed by atoms with Gasteiger partial charge in [0.05, 0.1) is 5.92 Å². The van der Waals surface area contributed by atoms with E-state index in [1.54, 1.807) is 12.4 Å². The molecule has 3 heterocycles. The highest BCUT2D eigenvalue weighted by atomic mass is 16.2. The van der Waals surface area contributed by atoms with Crippen LogP contribution in [0.15, 0.2) is 24.5 Å². The molecule has 1 aliphatic carbocycles. The second-order valence-corrected chi connectivity index (χ2v) is 8.18. The molecule has 1 aromatic heterocycles. The Morgan fingerprint density at radius 2 is 1.81 bits per heavy atom. The standard InChI is InChI=1S/C21H30N4O2/c26-20-14-18(16-25(20)15-17-6-8-22-9-7-17)21(27)24-11-3-10-23(12-13-24)19-4-1-2-5-19/h6-9,18-19H,1-5,10-16H2/t18-/m1/s1. The van der Waals surface area contributed by atoms with E-state index in [0.29, 0.717) is 19.5 Å². The summed E-state index contributed by atoms with van der Waals surface area (Å²) in [7, 11) is 0. The molecule has 0 spiro atoms. The Kier molecular flexibility index (Phi) is 5.72. The van der Waals surface area contributed by atoms with Crippen LogP contribution in [0.25, 0.3) is 0 Å². The molecule has 0 radical (unpaired) electrons. The van der Waals surface area contributed by atoms with Gasteiger partial charge in [-0.25, -0.2) is 0 Å². The van der Waals surface area contributed by atoms with Crippen LogP contribution < -0.4 is 0 Å². The zero-order chi connectivity index (χ0) is 18.6. The zero-order valence-electron chi connectivity index (χ0n) is 16.1. The van der Waals surface area contributed by atoms with Gasteiger partial charge in [0.15, 0.2) is 0 Å². The second-order valence-electron chi connectivity index (χ2n) is 8.18. The quantitative estimate of drug-likeness (QED) is 0.812. The van der Waals surface area contributed by atoms with Crippen LogP contribution in [0.2, 0.25) is 0 Å². The van der Waals surface area contributed by atoms with Crippen molar-refractivity contribution in [1.82, 2.24) is 19.7 Å². The third-order valence-electron chi connectivity index (χ3n) is 6.37. The smallest absolute Gasteiger partial charge is 0.228 e. The Bertz CT molecular complexity index is 659. The Hall–Kier alpha value is -1.95. The molecule has 1 aromatic rings. The molecule has 4 rings (SSSR count). The number of likely N-dealkylation sites (tertiary alicyclic amines) is 1. The molecule has 0 N–H and O–H groups in total. The lowest BCUT2D eigenvalue weighted by Gasteiger charge is -2.28. The Labute approximate surface area is 161 Å². The molecule has 2 amide bonds. The number of carbonyl (C=O) groups is 2. The normalized spacial score (nSPS) is 25.2. The molecule has 6 nitrogen and oxygen atoms in total. The molecule has 1 atom stereocenters. The van der Waals surface area contributed by atoms with Crippen molar-refractivity contribution >= 4 is 11.8 Å². The molecule has 3 fully saturated rings. The van der Waals surface area contributed by atoms with E-state index in [1.165, 1.54) is 25.7 Å². The van der Waals surface area contributed by atoms with Crippen molar-refractivity contribution in [2.75, 3.05) is 32.7 Å². The van der Waals surface area contributed by atoms with Crippen molar-refractivity contribution < 1.29 is 9.59 Å². The molecular formula is C21H30N4O2. The molecule has 2 aliphatic heterocycles. The largest absolute Gasteiger partial charge is 0.341 e. The Morgan fingerprint density at radius 3 is 2.59 bits per heavy atom. The van der Waals surface area contributed by atoms with Gasteiger partial charge in [0.1, 0.15) is 0 Å². The lowest BCUT2D eigenvalue weighted by atomic mass is 10.1. The average molecular weight is 370 g/mol. The number of carbonyl (C=O) groups excluding carboxylic acids is 2. The van der Waals surface area contributed by atoms with Crippen LogP contribution in [0.3, 0.4) is 0 Å². The van der Waals surface area contributed by atoms with Gasteiger partial charge in [-0.05, 0) is 37.0 Å². The number of aromatic nitrogens is 1. The highest BCUT2D eigenvalue weighted by Crippen LogP contribution is 2.26. The molecule has 1 saturated carbocycles. The maximum Gasteiger partial charge on any atom is 0.228 e. The van der Waals surface area contributed by atoms with Crippen LogP contribution >= 0.6 is 0 Å². The van der Waals surface area contributed by atoms with Gasteiger partial charge in [0, 0.05) is 64.1 Å². The second kappa shape index (κ2) is 8.38. The van der Waals surface area contributed by atoms with Crippen LogP contribution in [-0.2, 0) is 16.1 Å². The molecule has 0 bridgehead atoms. The number of pyridine rings is 1. The average Bonchev–Trinajstić information content (AvgIpc) is 3.27. The highest BCUT2D eigenvalue weighted by molar-refractivity contribution is 5.89. The van der Waals surface area contributed by atoms with E-state index in [1.807, 2.05) is 21.9 Å². The van der Waals surface area contributed by atoms with E-state index in [4.69, 9.17) is 0 Å². The minimum atomic E-state index is -0.183. The first-order valence-electron chi connectivity index (χ1n) is 10.4. The third-order valence-corrected chi connectivity index (χ3v) is 6.37. The highest BCUT2D eigenvalue weighted by Gasteiger charge is 2.37. The Balaban J connectivity index is 1.32. The molecule has 0 aromatic carbocycles. The van der Waals surface area contributed by atoms with E-state index in [9.17, 15) is 9.59 Å². The summed E-state index contributed by atoms with van der Waals surface area (Å²) in [5.74, 6) is 0.0822. The molecule has 27 heavy (non-hydrogen) atoms. The SMILES string of the molecule is O=C1C[C@@H](C(=O)N2CCCN(C3CCCC3)CC2)CN1Cc1ccncc1. The maximum atomic E-state index is 13.0. The first-order valence-corrected chi connectivity index (χ1v) is 10.4. The van der Waals surface area contributed by atoms with E-state index in [2.05, 4.69) is 9.88 Å². The van der Waals surface area contributed by atoms with Gasteiger partial charge < -0.3 is 9.80 Å². The molecule has 2 saturated heterocycles. The van der Waals surface area contributed by atoms with Gasteiger partial charge in [-0.2, -0.15) is 0 Å². The van der Waals surface area contributed by atoms with E-state index in [0.717, 1.165) is 44.2 Å².